The van der Waals surface area contributed by atoms with Gasteiger partial charge in [0, 0.05) is 56.4 Å². The van der Waals surface area contributed by atoms with E-state index in [1.165, 1.54) is 18.4 Å². The smallest absolute Gasteiger partial charge is 0.410 e. The Labute approximate surface area is 203 Å². The molecule has 0 radical (unpaired) electrons. The lowest BCUT2D eigenvalue weighted by atomic mass is 10.1. The number of carbonyl (C=O) groups excluding carboxylic acids is 2. The summed E-state index contributed by atoms with van der Waals surface area (Å²) >= 11 is 1.46. The van der Waals surface area contributed by atoms with Crippen LogP contribution in [0.1, 0.15) is 39.2 Å². The minimum absolute atomic E-state index is 0.0197. The summed E-state index contributed by atoms with van der Waals surface area (Å²) in [5, 5.41) is 3.64. The molecule has 0 atom stereocenters. The Bertz CT molecular complexity index is 1150. The molecule has 0 unspecified atom stereocenters. The van der Waals surface area contributed by atoms with Gasteiger partial charge in [0.2, 0.25) is 0 Å². The number of nitrogens with zero attached hydrogens (tertiary/aromatic N) is 3. The number of Topliss-reactive ketones (excluding diaryl/α,β-unsaturated/α-hetero) is 1. The molecule has 4 rings (SSSR count). The SMILES string of the molecule is COCC(=O)Cc1ccc2c(ccn2-c2csc(OC3CCN(C(=O)OC(C)(C)C)CC3)n2)c1. The second kappa shape index (κ2) is 10.1. The Kier molecular flexibility index (Phi) is 7.23. The second-order valence-corrected chi connectivity index (χ2v) is 10.3. The molecule has 34 heavy (non-hydrogen) atoms. The molecule has 2 aromatic heterocycles. The fraction of sp³-hybridized carbons (Fsp3) is 0.480. The van der Waals surface area contributed by atoms with Crippen molar-refractivity contribution in [2.24, 2.45) is 0 Å². The molecule has 1 aliphatic heterocycles. The van der Waals surface area contributed by atoms with Crippen molar-refractivity contribution in [2.75, 3.05) is 26.8 Å². The number of amides is 1. The van der Waals surface area contributed by atoms with Gasteiger partial charge in [-0.15, -0.1) is 0 Å². The largest absolute Gasteiger partial charge is 0.467 e. The van der Waals surface area contributed by atoms with Gasteiger partial charge in [-0.3, -0.25) is 4.79 Å². The number of carbonyl (C=O) groups is 2. The van der Waals surface area contributed by atoms with Crippen LogP contribution in [0.2, 0.25) is 0 Å². The number of likely N-dealkylation sites (tertiary alicyclic amines) is 1. The van der Waals surface area contributed by atoms with Gasteiger partial charge < -0.3 is 23.7 Å². The molecule has 3 heterocycles. The van der Waals surface area contributed by atoms with Crippen LogP contribution in [0.25, 0.3) is 16.7 Å². The fourth-order valence-electron chi connectivity index (χ4n) is 3.98. The minimum atomic E-state index is -0.493. The molecule has 1 saturated heterocycles. The topological polar surface area (TPSA) is 82.9 Å². The summed E-state index contributed by atoms with van der Waals surface area (Å²) in [4.78, 5) is 30.5. The first kappa shape index (κ1) is 24.2. The van der Waals surface area contributed by atoms with E-state index in [1.807, 2.05) is 61.2 Å². The van der Waals surface area contributed by atoms with Crippen molar-refractivity contribution in [3.05, 3.63) is 41.4 Å². The average molecular weight is 486 g/mol. The molecular formula is C25H31N3O5S. The molecule has 0 saturated carbocycles. The van der Waals surface area contributed by atoms with E-state index in [0.29, 0.717) is 24.7 Å². The number of thiazole rings is 1. The number of ketones is 1. The lowest BCUT2D eigenvalue weighted by Crippen LogP contribution is -2.44. The van der Waals surface area contributed by atoms with Crippen molar-refractivity contribution in [3.63, 3.8) is 0 Å². The van der Waals surface area contributed by atoms with Gasteiger partial charge in [0.1, 0.15) is 18.3 Å². The molecule has 1 amide bonds. The van der Waals surface area contributed by atoms with Crippen LogP contribution in [0.4, 0.5) is 4.79 Å². The molecule has 8 nitrogen and oxygen atoms in total. The van der Waals surface area contributed by atoms with Crippen LogP contribution < -0.4 is 4.74 Å². The third-order valence-corrected chi connectivity index (χ3v) is 6.26. The molecule has 9 heteroatoms. The van der Waals surface area contributed by atoms with Crippen LogP contribution in [0, 0.1) is 0 Å². The number of aromatic nitrogens is 2. The molecule has 0 aliphatic carbocycles. The number of methoxy groups -OCH3 is 1. The molecule has 1 aliphatic rings. The van der Waals surface area contributed by atoms with Crippen LogP contribution in [0.3, 0.4) is 0 Å². The molecule has 0 bridgehead atoms. The Morgan fingerprint density at radius 2 is 1.94 bits per heavy atom. The number of hydrogen-bond donors (Lipinski definition) is 0. The summed E-state index contributed by atoms with van der Waals surface area (Å²) in [5.41, 5.74) is 1.49. The van der Waals surface area contributed by atoms with Gasteiger partial charge in [0.05, 0.1) is 5.52 Å². The fourth-order valence-corrected chi connectivity index (χ4v) is 4.69. The number of hydrogen-bond acceptors (Lipinski definition) is 7. The Morgan fingerprint density at radius 1 is 1.18 bits per heavy atom. The van der Waals surface area contributed by atoms with Crippen molar-refractivity contribution in [1.29, 1.82) is 0 Å². The lowest BCUT2D eigenvalue weighted by Gasteiger charge is -2.33. The third-order valence-electron chi connectivity index (χ3n) is 5.54. The monoisotopic (exact) mass is 485 g/mol. The Hall–Kier alpha value is -2.91. The highest BCUT2D eigenvalue weighted by Crippen LogP contribution is 2.28. The average Bonchev–Trinajstić information content (AvgIpc) is 3.39. The molecule has 1 aromatic carbocycles. The second-order valence-electron chi connectivity index (χ2n) is 9.48. The van der Waals surface area contributed by atoms with E-state index in [0.717, 1.165) is 35.1 Å². The van der Waals surface area contributed by atoms with E-state index < -0.39 is 5.60 Å². The zero-order valence-corrected chi connectivity index (χ0v) is 20.9. The van der Waals surface area contributed by atoms with Gasteiger partial charge in [-0.05, 0) is 44.5 Å². The van der Waals surface area contributed by atoms with Gasteiger partial charge in [-0.25, -0.2) is 4.79 Å². The molecule has 0 N–H and O–H groups in total. The van der Waals surface area contributed by atoms with Crippen molar-refractivity contribution >= 4 is 34.1 Å². The van der Waals surface area contributed by atoms with E-state index in [2.05, 4.69) is 4.98 Å². The summed E-state index contributed by atoms with van der Waals surface area (Å²) < 4.78 is 18.5. The van der Waals surface area contributed by atoms with Gasteiger partial charge in [-0.2, -0.15) is 4.98 Å². The first-order valence-electron chi connectivity index (χ1n) is 11.4. The summed E-state index contributed by atoms with van der Waals surface area (Å²) in [7, 11) is 1.53. The van der Waals surface area contributed by atoms with Gasteiger partial charge in [0.25, 0.3) is 5.19 Å². The number of rotatable bonds is 7. The first-order valence-corrected chi connectivity index (χ1v) is 12.3. The summed E-state index contributed by atoms with van der Waals surface area (Å²) in [6, 6.07) is 8.03. The van der Waals surface area contributed by atoms with E-state index >= 15 is 0 Å². The van der Waals surface area contributed by atoms with Crippen molar-refractivity contribution in [2.45, 2.75) is 51.7 Å². The maximum absolute atomic E-state index is 12.3. The van der Waals surface area contributed by atoms with Gasteiger partial charge in [0.15, 0.2) is 11.6 Å². The van der Waals surface area contributed by atoms with Crippen LogP contribution in [0.15, 0.2) is 35.8 Å². The molecule has 3 aromatic rings. The van der Waals surface area contributed by atoms with E-state index in [9.17, 15) is 9.59 Å². The molecule has 0 spiro atoms. The normalized spacial score (nSPS) is 15.0. The summed E-state index contributed by atoms with van der Waals surface area (Å²) in [5.74, 6) is 0.851. The van der Waals surface area contributed by atoms with Crippen molar-refractivity contribution in [3.8, 4) is 11.0 Å². The van der Waals surface area contributed by atoms with Crippen LogP contribution in [-0.4, -0.2) is 64.8 Å². The minimum Gasteiger partial charge on any atom is -0.467 e. The van der Waals surface area contributed by atoms with Gasteiger partial charge in [-0.1, -0.05) is 17.4 Å². The highest BCUT2D eigenvalue weighted by Gasteiger charge is 2.28. The number of fused-ring (bicyclic) bond motifs is 1. The third kappa shape index (κ3) is 5.95. The van der Waals surface area contributed by atoms with Gasteiger partial charge >= 0.3 is 6.09 Å². The zero-order valence-electron chi connectivity index (χ0n) is 20.1. The highest BCUT2D eigenvalue weighted by molar-refractivity contribution is 7.11. The van der Waals surface area contributed by atoms with Crippen molar-refractivity contribution in [1.82, 2.24) is 14.5 Å². The number of piperidine rings is 1. The number of benzene rings is 1. The van der Waals surface area contributed by atoms with Crippen LogP contribution in [0.5, 0.6) is 5.19 Å². The highest BCUT2D eigenvalue weighted by atomic mass is 32.1. The van der Waals surface area contributed by atoms with Crippen LogP contribution >= 0.6 is 11.3 Å². The molecule has 182 valence electrons. The quantitative estimate of drug-likeness (QED) is 0.486. The summed E-state index contributed by atoms with van der Waals surface area (Å²) in [6.07, 6.45) is 3.57. The predicted molar refractivity (Wildman–Crippen MR) is 131 cm³/mol. The van der Waals surface area contributed by atoms with E-state index in [1.54, 1.807) is 4.90 Å². The maximum Gasteiger partial charge on any atom is 0.410 e. The summed E-state index contributed by atoms with van der Waals surface area (Å²) in [6.45, 7) is 6.96. The molecule has 1 fully saturated rings. The van der Waals surface area contributed by atoms with E-state index in [-0.39, 0.29) is 24.6 Å². The van der Waals surface area contributed by atoms with E-state index in [4.69, 9.17) is 14.2 Å². The molecular weight excluding hydrogens is 454 g/mol. The Morgan fingerprint density at radius 3 is 2.65 bits per heavy atom. The predicted octanol–water partition coefficient (Wildman–Crippen LogP) is 4.62. The standard InChI is InChI=1S/C25H31N3O5S/c1-25(2,3)33-24(30)27-10-8-20(9-11-27)32-23-26-22(16-34-23)28-12-7-18-13-17(5-6-21(18)28)14-19(29)15-31-4/h5-7,12-13,16,20H,8-11,14-15H2,1-4H3. The number of ether oxygens (including phenoxy) is 3. The first-order chi connectivity index (χ1) is 16.2. The lowest BCUT2D eigenvalue weighted by molar-refractivity contribution is -0.121. The van der Waals surface area contributed by atoms with Crippen LogP contribution in [-0.2, 0) is 20.7 Å². The van der Waals surface area contributed by atoms with Crippen molar-refractivity contribution < 1.29 is 23.8 Å². The maximum atomic E-state index is 12.3. The zero-order chi connectivity index (χ0) is 24.3. The Balaban J connectivity index is 1.36.